The van der Waals surface area contributed by atoms with Crippen molar-refractivity contribution in [1.82, 2.24) is 10.0 Å². The van der Waals surface area contributed by atoms with Gasteiger partial charge in [0.05, 0.1) is 5.75 Å². The standard InChI is InChI=1S/C12H17FN2O2S/c1-12(6-7-14-9-12)15-18(16,17)8-10-2-4-11(13)5-3-10/h2-5,14-15H,6-9H2,1H3. The average molecular weight is 272 g/mol. The molecular formula is C12H17FN2O2S. The monoisotopic (exact) mass is 272 g/mol. The predicted octanol–water partition coefficient (Wildman–Crippen LogP) is 0.997. The second-order valence-electron chi connectivity index (χ2n) is 4.98. The molecule has 1 aliphatic rings. The van der Waals surface area contributed by atoms with Gasteiger partial charge in [-0.1, -0.05) is 12.1 Å². The van der Waals surface area contributed by atoms with Crippen molar-refractivity contribution in [3.05, 3.63) is 35.6 Å². The lowest BCUT2D eigenvalue weighted by molar-refractivity contribution is 0.451. The maximum Gasteiger partial charge on any atom is 0.216 e. The van der Waals surface area contributed by atoms with E-state index >= 15 is 0 Å². The van der Waals surface area contributed by atoms with E-state index in [0.717, 1.165) is 13.0 Å². The largest absolute Gasteiger partial charge is 0.315 e. The van der Waals surface area contributed by atoms with Gasteiger partial charge < -0.3 is 5.32 Å². The molecule has 0 aromatic heterocycles. The first kappa shape index (κ1) is 13.5. The third kappa shape index (κ3) is 3.51. The summed E-state index contributed by atoms with van der Waals surface area (Å²) in [4.78, 5) is 0. The molecule has 0 saturated carbocycles. The van der Waals surface area contributed by atoms with Gasteiger partial charge in [0.15, 0.2) is 0 Å². The molecule has 0 radical (unpaired) electrons. The Kier molecular flexibility index (Phi) is 3.70. The van der Waals surface area contributed by atoms with Gasteiger partial charge in [0.1, 0.15) is 5.82 Å². The molecule has 2 rings (SSSR count). The van der Waals surface area contributed by atoms with E-state index in [9.17, 15) is 12.8 Å². The molecule has 1 fully saturated rings. The number of halogens is 1. The number of nitrogens with one attached hydrogen (secondary N) is 2. The van der Waals surface area contributed by atoms with Crippen molar-refractivity contribution in [2.45, 2.75) is 24.6 Å². The molecule has 1 aromatic carbocycles. The number of sulfonamides is 1. The molecule has 1 aliphatic heterocycles. The first-order valence-corrected chi connectivity index (χ1v) is 7.51. The zero-order valence-electron chi connectivity index (χ0n) is 10.2. The highest BCUT2D eigenvalue weighted by Gasteiger charge is 2.32. The Bertz CT molecular complexity index is 507. The fraction of sp³-hybridized carbons (Fsp3) is 0.500. The van der Waals surface area contributed by atoms with Crippen molar-refractivity contribution in [1.29, 1.82) is 0 Å². The molecule has 0 aliphatic carbocycles. The van der Waals surface area contributed by atoms with E-state index in [0.29, 0.717) is 12.1 Å². The first-order chi connectivity index (χ1) is 8.39. The van der Waals surface area contributed by atoms with E-state index in [1.54, 1.807) is 0 Å². The van der Waals surface area contributed by atoms with Crippen LogP contribution in [0.25, 0.3) is 0 Å². The summed E-state index contributed by atoms with van der Waals surface area (Å²) in [5, 5.41) is 3.13. The summed E-state index contributed by atoms with van der Waals surface area (Å²) in [6, 6.07) is 5.51. The lowest BCUT2D eigenvalue weighted by atomic mass is 10.0. The van der Waals surface area contributed by atoms with E-state index in [-0.39, 0.29) is 11.6 Å². The van der Waals surface area contributed by atoms with Gasteiger partial charge in [-0.2, -0.15) is 0 Å². The molecule has 6 heteroatoms. The topological polar surface area (TPSA) is 58.2 Å². The quantitative estimate of drug-likeness (QED) is 0.859. The van der Waals surface area contributed by atoms with E-state index in [2.05, 4.69) is 10.0 Å². The SMILES string of the molecule is CC1(NS(=O)(=O)Cc2ccc(F)cc2)CCNC1. The minimum Gasteiger partial charge on any atom is -0.315 e. The molecule has 18 heavy (non-hydrogen) atoms. The third-order valence-electron chi connectivity index (χ3n) is 3.04. The Hall–Kier alpha value is -0.980. The van der Waals surface area contributed by atoms with Gasteiger partial charge in [-0.3, -0.25) is 0 Å². The van der Waals surface area contributed by atoms with Crippen molar-refractivity contribution >= 4 is 10.0 Å². The second kappa shape index (κ2) is 4.95. The molecule has 4 nitrogen and oxygen atoms in total. The van der Waals surface area contributed by atoms with Gasteiger partial charge in [0, 0.05) is 12.1 Å². The summed E-state index contributed by atoms with van der Waals surface area (Å²) >= 11 is 0. The van der Waals surface area contributed by atoms with Crippen LogP contribution in [0.5, 0.6) is 0 Å². The van der Waals surface area contributed by atoms with Gasteiger partial charge in [-0.15, -0.1) is 0 Å². The zero-order chi connectivity index (χ0) is 13.2. The minimum absolute atomic E-state index is 0.122. The maximum absolute atomic E-state index is 12.7. The minimum atomic E-state index is -3.40. The van der Waals surface area contributed by atoms with Crippen LogP contribution in [0, 0.1) is 5.82 Å². The first-order valence-electron chi connectivity index (χ1n) is 5.85. The van der Waals surface area contributed by atoms with Crippen molar-refractivity contribution in [2.75, 3.05) is 13.1 Å². The van der Waals surface area contributed by atoms with Gasteiger partial charge in [0.2, 0.25) is 10.0 Å². The molecule has 0 bridgehead atoms. The summed E-state index contributed by atoms with van der Waals surface area (Å²) in [5.74, 6) is -0.487. The van der Waals surface area contributed by atoms with Gasteiger partial charge >= 0.3 is 0 Å². The van der Waals surface area contributed by atoms with Crippen LogP contribution in [0.2, 0.25) is 0 Å². The van der Waals surface area contributed by atoms with E-state index < -0.39 is 15.6 Å². The molecule has 1 aromatic rings. The molecule has 0 amide bonds. The highest BCUT2D eigenvalue weighted by Crippen LogP contribution is 2.16. The highest BCUT2D eigenvalue weighted by atomic mass is 32.2. The van der Waals surface area contributed by atoms with E-state index in [1.807, 2.05) is 6.92 Å². The van der Waals surface area contributed by atoms with Crippen LogP contribution in [0.4, 0.5) is 4.39 Å². The molecule has 0 spiro atoms. The van der Waals surface area contributed by atoms with Crippen molar-refractivity contribution in [2.24, 2.45) is 0 Å². The van der Waals surface area contributed by atoms with Crippen molar-refractivity contribution < 1.29 is 12.8 Å². The summed E-state index contributed by atoms with van der Waals surface area (Å²) in [5.41, 5.74) is 0.164. The van der Waals surface area contributed by atoms with Crippen LogP contribution in [0.3, 0.4) is 0 Å². The highest BCUT2D eigenvalue weighted by molar-refractivity contribution is 7.88. The third-order valence-corrected chi connectivity index (χ3v) is 4.56. The smallest absolute Gasteiger partial charge is 0.216 e. The molecule has 1 unspecified atom stereocenters. The fourth-order valence-electron chi connectivity index (χ4n) is 2.12. The van der Waals surface area contributed by atoms with Gasteiger partial charge in [-0.25, -0.2) is 17.5 Å². The van der Waals surface area contributed by atoms with Crippen molar-refractivity contribution in [3.63, 3.8) is 0 Å². The lowest BCUT2D eigenvalue weighted by Crippen LogP contribution is -2.47. The predicted molar refractivity (Wildman–Crippen MR) is 68.1 cm³/mol. The van der Waals surface area contributed by atoms with Crippen LogP contribution in [0.1, 0.15) is 18.9 Å². The van der Waals surface area contributed by atoms with Gasteiger partial charge in [0.25, 0.3) is 0 Å². The summed E-state index contributed by atoms with van der Waals surface area (Å²) < 4.78 is 39.5. The lowest BCUT2D eigenvalue weighted by Gasteiger charge is -2.24. The van der Waals surface area contributed by atoms with Gasteiger partial charge in [-0.05, 0) is 37.6 Å². The molecule has 100 valence electrons. The average Bonchev–Trinajstić information content (AvgIpc) is 2.67. The van der Waals surface area contributed by atoms with Crippen LogP contribution in [-0.4, -0.2) is 27.0 Å². The van der Waals surface area contributed by atoms with E-state index in [4.69, 9.17) is 0 Å². The van der Waals surface area contributed by atoms with Crippen LogP contribution in [0.15, 0.2) is 24.3 Å². The summed E-state index contributed by atoms with van der Waals surface area (Å²) in [7, 11) is -3.40. The Balaban J connectivity index is 2.05. The Morgan fingerprint density at radius 1 is 1.39 bits per heavy atom. The van der Waals surface area contributed by atoms with Crippen LogP contribution >= 0.6 is 0 Å². The molecular weight excluding hydrogens is 255 g/mol. The van der Waals surface area contributed by atoms with E-state index in [1.165, 1.54) is 24.3 Å². The number of benzene rings is 1. The molecule has 2 N–H and O–H groups in total. The Morgan fingerprint density at radius 3 is 2.61 bits per heavy atom. The van der Waals surface area contributed by atoms with Crippen LogP contribution < -0.4 is 10.0 Å². The van der Waals surface area contributed by atoms with Crippen molar-refractivity contribution in [3.8, 4) is 0 Å². The summed E-state index contributed by atoms with van der Waals surface area (Å²) in [6.45, 7) is 3.33. The molecule has 1 saturated heterocycles. The Labute approximate surface area is 107 Å². The number of hydrogen-bond donors (Lipinski definition) is 2. The number of rotatable bonds is 4. The number of hydrogen-bond acceptors (Lipinski definition) is 3. The fourth-order valence-corrected chi connectivity index (χ4v) is 3.74. The Morgan fingerprint density at radius 2 is 2.06 bits per heavy atom. The van der Waals surface area contributed by atoms with Crippen LogP contribution in [-0.2, 0) is 15.8 Å². The molecule has 1 heterocycles. The zero-order valence-corrected chi connectivity index (χ0v) is 11.1. The maximum atomic E-state index is 12.7. The summed E-state index contributed by atoms with van der Waals surface area (Å²) in [6.07, 6.45) is 0.773. The normalized spacial score (nSPS) is 24.3. The molecule has 1 atom stereocenters. The second-order valence-corrected chi connectivity index (χ2v) is 6.70.